The molecule has 1 aliphatic heterocycles. The van der Waals surface area contributed by atoms with Gasteiger partial charge in [0.15, 0.2) is 11.3 Å². The largest absolute Gasteiger partial charge is 0.507 e. The van der Waals surface area contributed by atoms with E-state index in [-0.39, 0.29) is 28.0 Å². The molecule has 0 unspecified atom stereocenters. The first-order valence-corrected chi connectivity index (χ1v) is 9.87. The van der Waals surface area contributed by atoms with Gasteiger partial charge >= 0.3 is 0 Å². The predicted octanol–water partition coefficient (Wildman–Crippen LogP) is 2.85. The first-order chi connectivity index (χ1) is 14.6. The predicted molar refractivity (Wildman–Crippen MR) is 118 cm³/mol. The summed E-state index contributed by atoms with van der Waals surface area (Å²) in [4.78, 5) is 29.9. The van der Waals surface area contributed by atoms with E-state index in [1.165, 1.54) is 6.26 Å². The van der Waals surface area contributed by atoms with Crippen LogP contribution in [0.5, 0.6) is 17.2 Å². The second-order valence-corrected chi connectivity index (χ2v) is 8.44. The van der Waals surface area contributed by atoms with Crippen LogP contribution >= 0.6 is 0 Å². The third-order valence-corrected chi connectivity index (χ3v) is 5.29. The fourth-order valence-electron chi connectivity index (χ4n) is 3.63. The molecule has 1 aliphatic rings. The van der Waals surface area contributed by atoms with Gasteiger partial charge in [-0.05, 0) is 46.5 Å². The number of likely N-dealkylation sites (N-methyl/N-ethyl adjacent to an activating group) is 1. The van der Waals surface area contributed by atoms with Gasteiger partial charge in [0.2, 0.25) is 10.9 Å². The fourth-order valence-corrected chi connectivity index (χ4v) is 3.63. The van der Waals surface area contributed by atoms with Gasteiger partial charge in [0.05, 0.1) is 16.8 Å². The monoisotopic (exact) mass is 424 g/mol. The zero-order valence-corrected chi connectivity index (χ0v) is 17.8. The highest BCUT2D eigenvalue weighted by Crippen LogP contribution is 2.44. The molecular formula is C23H24N2O6. The Morgan fingerprint density at radius 1 is 1.19 bits per heavy atom. The molecule has 0 saturated heterocycles. The van der Waals surface area contributed by atoms with Crippen molar-refractivity contribution >= 4 is 17.0 Å². The molecule has 4 rings (SSSR count). The Hall–Kier alpha value is -3.52. The lowest BCUT2D eigenvalue weighted by molar-refractivity contribution is 0.156. The van der Waals surface area contributed by atoms with Crippen LogP contribution in [-0.4, -0.2) is 46.3 Å². The van der Waals surface area contributed by atoms with Crippen molar-refractivity contribution in [2.75, 3.05) is 20.6 Å². The molecule has 31 heavy (non-hydrogen) atoms. The summed E-state index contributed by atoms with van der Waals surface area (Å²) < 4.78 is 11.9. The van der Waals surface area contributed by atoms with Crippen molar-refractivity contribution in [2.24, 2.45) is 0 Å². The molecular weight excluding hydrogens is 400 g/mol. The molecule has 2 aromatic heterocycles. The lowest BCUT2D eigenvalue weighted by Gasteiger charge is -2.30. The summed E-state index contributed by atoms with van der Waals surface area (Å²) in [6.45, 7) is 4.45. The van der Waals surface area contributed by atoms with Gasteiger partial charge < -0.3 is 29.3 Å². The van der Waals surface area contributed by atoms with Crippen LogP contribution in [0.15, 0.2) is 38.6 Å². The molecule has 1 aromatic carbocycles. The molecule has 162 valence electrons. The van der Waals surface area contributed by atoms with E-state index in [1.54, 1.807) is 0 Å². The highest BCUT2D eigenvalue weighted by molar-refractivity contribution is 5.96. The second kappa shape index (κ2) is 7.31. The third kappa shape index (κ3) is 3.59. The Kier molecular flexibility index (Phi) is 4.89. The molecule has 3 aromatic rings. The van der Waals surface area contributed by atoms with Crippen molar-refractivity contribution in [3.05, 3.63) is 56.2 Å². The molecule has 0 spiro atoms. The fraction of sp³-hybridized carbons (Fsp3) is 0.304. The average molecular weight is 424 g/mol. The Morgan fingerprint density at radius 3 is 2.61 bits per heavy atom. The number of fused-ring (bicyclic) bond motifs is 3. The number of aromatic nitrogens is 1. The van der Waals surface area contributed by atoms with E-state index in [2.05, 4.69) is 4.98 Å². The Morgan fingerprint density at radius 2 is 1.94 bits per heavy atom. The summed E-state index contributed by atoms with van der Waals surface area (Å²) in [6, 6.07) is 1.11. The molecule has 0 fully saturated rings. The Labute approximate surface area is 178 Å². The number of ether oxygens (including phenoxy) is 1. The number of hydrogen-bond donors (Lipinski definition) is 3. The van der Waals surface area contributed by atoms with Crippen LogP contribution in [-0.2, 0) is 6.42 Å². The SMILES string of the molecule is CN(C)CCc1c2c(c3occ(-c4cc(=O)c(O)c[nH]4)c(=O)c3c1O)C=CC(C)(C)O2. The van der Waals surface area contributed by atoms with Crippen LogP contribution < -0.4 is 15.6 Å². The number of aromatic hydroxyl groups is 2. The minimum atomic E-state index is -0.631. The van der Waals surface area contributed by atoms with E-state index in [0.717, 1.165) is 12.3 Å². The van der Waals surface area contributed by atoms with Gasteiger partial charge in [-0.25, -0.2) is 0 Å². The zero-order valence-electron chi connectivity index (χ0n) is 17.8. The van der Waals surface area contributed by atoms with Gasteiger partial charge in [0.25, 0.3) is 0 Å². The molecule has 0 amide bonds. The van der Waals surface area contributed by atoms with Gasteiger partial charge in [-0.1, -0.05) is 0 Å². The lowest BCUT2D eigenvalue weighted by Crippen LogP contribution is -2.29. The highest BCUT2D eigenvalue weighted by atomic mass is 16.5. The molecule has 3 N–H and O–H groups in total. The molecule has 0 aliphatic carbocycles. The smallest absolute Gasteiger partial charge is 0.223 e. The number of aromatic amines is 1. The van der Waals surface area contributed by atoms with E-state index < -0.39 is 22.2 Å². The maximum Gasteiger partial charge on any atom is 0.223 e. The van der Waals surface area contributed by atoms with Crippen molar-refractivity contribution in [1.82, 2.24) is 9.88 Å². The van der Waals surface area contributed by atoms with Crippen molar-refractivity contribution in [3.63, 3.8) is 0 Å². The number of phenols is 1. The zero-order chi connectivity index (χ0) is 22.5. The first kappa shape index (κ1) is 20.7. The van der Waals surface area contributed by atoms with Crippen LogP contribution in [0.2, 0.25) is 0 Å². The van der Waals surface area contributed by atoms with Crippen LogP contribution in [0.4, 0.5) is 0 Å². The van der Waals surface area contributed by atoms with Crippen LogP contribution in [0, 0.1) is 0 Å². The van der Waals surface area contributed by atoms with E-state index in [0.29, 0.717) is 29.8 Å². The maximum atomic E-state index is 13.4. The molecule has 0 atom stereocenters. The van der Waals surface area contributed by atoms with Crippen LogP contribution in [0.25, 0.3) is 28.3 Å². The number of hydrogen-bond acceptors (Lipinski definition) is 7. The Bertz CT molecular complexity index is 1330. The number of H-pyrrole nitrogens is 1. The van der Waals surface area contributed by atoms with E-state index in [1.807, 2.05) is 45.0 Å². The van der Waals surface area contributed by atoms with Gasteiger partial charge in [-0.2, -0.15) is 0 Å². The summed E-state index contributed by atoms with van der Waals surface area (Å²) in [5.41, 5.74) is -0.131. The summed E-state index contributed by atoms with van der Waals surface area (Å²) in [5.74, 6) is -0.159. The maximum absolute atomic E-state index is 13.4. The van der Waals surface area contributed by atoms with Crippen LogP contribution in [0.3, 0.4) is 0 Å². The van der Waals surface area contributed by atoms with E-state index >= 15 is 0 Å². The molecule has 3 heterocycles. The van der Waals surface area contributed by atoms with Crippen molar-refractivity contribution < 1.29 is 19.4 Å². The standard InChI is InChI=1S/C23H24N2O6/c1-23(2)7-5-13-21(31-23)12(6-8-25(3)4)19(28)18-20(29)14(11-30-22(13)18)15-9-16(26)17(27)10-24-15/h5,7,9-11,27-28H,6,8H2,1-4H3,(H,24,26). The number of phenolic OH excluding ortho intramolecular Hbond substituents is 1. The normalized spacial score (nSPS) is 14.6. The van der Waals surface area contributed by atoms with Gasteiger partial charge in [-0.15, -0.1) is 0 Å². The summed E-state index contributed by atoms with van der Waals surface area (Å²) in [6.07, 6.45) is 6.51. The minimum absolute atomic E-state index is 0.0203. The van der Waals surface area contributed by atoms with Crippen molar-refractivity contribution in [2.45, 2.75) is 25.9 Å². The number of rotatable bonds is 4. The first-order valence-electron chi connectivity index (χ1n) is 9.87. The van der Waals surface area contributed by atoms with Gasteiger partial charge in [-0.3, -0.25) is 9.59 Å². The van der Waals surface area contributed by atoms with Crippen molar-refractivity contribution in [1.29, 1.82) is 0 Å². The minimum Gasteiger partial charge on any atom is -0.507 e. The van der Waals surface area contributed by atoms with Crippen LogP contribution in [0.1, 0.15) is 25.0 Å². The molecule has 0 saturated carbocycles. The Balaban J connectivity index is 2.02. The molecule has 0 bridgehead atoms. The quantitative estimate of drug-likeness (QED) is 0.590. The van der Waals surface area contributed by atoms with E-state index in [9.17, 15) is 19.8 Å². The third-order valence-electron chi connectivity index (χ3n) is 5.29. The highest BCUT2D eigenvalue weighted by Gasteiger charge is 2.30. The lowest BCUT2D eigenvalue weighted by atomic mass is 9.94. The van der Waals surface area contributed by atoms with Gasteiger partial charge in [0.1, 0.15) is 28.7 Å². The second-order valence-electron chi connectivity index (χ2n) is 8.44. The molecule has 8 heteroatoms. The van der Waals surface area contributed by atoms with Crippen molar-refractivity contribution in [3.8, 4) is 28.5 Å². The number of nitrogens with one attached hydrogen (secondary N) is 1. The van der Waals surface area contributed by atoms with Gasteiger partial charge in [0, 0.05) is 24.4 Å². The summed E-state index contributed by atoms with van der Waals surface area (Å²) in [5, 5.41) is 20.6. The topological polar surface area (TPSA) is 116 Å². The number of pyridine rings is 1. The van der Waals surface area contributed by atoms with E-state index in [4.69, 9.17) is 9.15 Å². The summed E-state index contributed by atoms with van der Waals surface area (Å²) >= 11 is 0. The molecule has 0 radical (unpaired) electrons. The number of benzene rings is 1. The molecule has 8 nitrogen and oxygen atoms in total. The number of nitrogens with zero attached hydrogens (tertiary/aromatic N) is 1. The average Bonchev–Trinajstić information content (AvgIpc) is 2.69. The summed E-state index contributed by atoms with van der Waals surface area (Å²) in [7, 11) is 3.84.